The molecule has 1 saturated heterocycles. The summed E-state index contributed by atoms with van der Waals surface area (Å²) < 4.78 is 44.1. The number of fused-ring (bicyclic) bond motifs is 1. The number of nitrogens with one attached hydrogen (secondary N) is 2. The molecule has 3 amide bonds. The Hall–Kier alpha value is -4.39. The smallest absolute Gasteiger partial charge is 0.333 e. The van der Waals surface area contributed by atoms with Crippen LogP contribution < -0.4 is 21.2 Å². The third-order valence-electron chi connectivity index (χ3n) is 7.97. The van der Waals surface area contributed by atoms with Crippen LogP contribution in [0.25, 0.3) is 16.7 Å². The SMILES string of the molecule is O=C(NC1CCC(Cn2c(=O)n(-c3ccc(N4CCNC4=O)nc3)c3ccc(F)cc32)CC1)c1cc(Cl)cnc1C(F)F. The van der Waals surface area contributed by atoms with Crippen molar-refractivity contribution in [2.75, 3.05) is 18.0 Å². The average Bonchev–Trinajstić information content (AvgIpc) is 3.54. The van der Waals surface area contributed by atoms with Crippen LogP contribution in [0.2, 0.25) is 5.02 Å². The predicted octanol–water partition coefficient (Wildman–Crippen LogP) is 4.83. The van der Waals surface area contributed by atoms with Crippen LogP contribution in [-0.2, 0) is 6.54 Å². The molecule has 2 aliphatic rings. The van der Waals surface area contributed by atoms with Crippen LogP contribution in [0, 0.1) is 11.7 Å². The molecule has 1 aliphatic heterocycles. The highest BCUT2D eigenvalue weighted by Gasteiger charge is 2.28. The van der Waals surface area contributed by atoms with E-state index < -0.39 is 23.8 Å². The highest BCUT2D eigenvalue weighted by Crippen LogP contribution is 2.29. The molecule has 43 heavy (non-hydrogen) atoms. The standard InChI is InChI=1S/C29H27ClF3N7O3/c30-17-11-21(25(26(32)33)36-13-17)27(41)37-19-4-1-16(2-5-19)15-39-23-12-18(31)3-7-22(23)40(29(39)43)20-6-8-24(35-14-20)38-10-9-34-28(38)42/h3,6-8,11-14,16,19,26H,1-2,4-5,9-10,15H2,(H,34,42)(H,37,41). The van der Waals surface area contributed by atoms with Crippen LogP contribution in [0.15, 0.2) is 53.6 Å². The number of carbonyl (C=O) groups is 2. The number of anilines is 1. The number of nitrogens with zero attached hydrogens (tertiary/aromatic N) is 5. The van der Waals surface area contributed by atoms with Crippen molar-refractivity contribution in [2.45, 2.75) is 44.7 Å². The van der Waals surface area contributed by atoms with Crippen LogP contribution in [0.5, 0.6) is 0 Å². The summed E-state index contributed by atoms with van der Waals surface area (Å²) in [5.74, 6) is -0.611. The van der Waals surface area contributed by atoms with E-state index in [0.29, 0.717) is 67.9 Å². The number of pyridine rings is 2. The van der Waals surface area contributed by atoms with E-state index in [-0.39, 0.29) is 34.3 Å². The van der Waals surface area contributed by atoms with Gasteiger partial charge in [-0.2, -0.15) is 0 Å². The summed E-state index contributed by atoms with van der Waals surface area (Å²) in [6.07, 6.45) is 2.14. The summed E-state index contributed by atoms with van der Waals surface area (Å²) >= 11 is 5.89. The topological polar surface area (TPSA) is 114 Å². The summed E-state index contributed by atoms with van der Waals surface area (Å²) in [5.41, 5.74) is 0.218. The summed E-state index contributed by atoms with van der Waals surface area (Å²) in [4.78, 5) is 48.0. The van der Waals surface area contributed by atoms with Crippen LogP contribution in [0.3, 0.4) is 0 Å². The van der Waals surface area contributed by atoms with Crippen LogP contribution in [-0.4, -0.2) is 50.2 Å². The van der Waals surface area contributed by atoms with Crippen molar-refractivity contribution >= 4 is 40.4 Å². The highest BCUT2D eigenvalue weighted by molar-refractivity contribution is 6.30. The fourth-order valence-electron chi connectivity index (χ4n) is 5.83. The van der Waals surface area contributed by atoms with Gasteiger partial charge in [-0.25, -0.2) is 27.7 Å². The van der Waals surface area contributed by atoms with Gasteiger partial charge >= 0.3 is 11.7 Å². The number of urea groups is 1. The maximum atomic E-state index is 14.3. The molecule has 1 saturated carbocycles. The average molecular weight is 614 g/mol. The number of carbonyl (C=O) groups excluding carboxylic acids is 2. The molecule has 0 unspecified atom stereocenters. The summed E-state index contributed by atoms with van der Waals surface area (Å²) in [7, 11) is 0. The number of aromatic nitrogens is 4. The first-order chi connectivity index (χ1) is 20.7. The number of hydrogen-bond acceptors (Lipinski definition) is 5. The minimum absolute atomic E-state index is 0.0619. The Morgan fingerprint density at radius 1 is 1.05 bits per heavy atom. The fourth-order valence-corrected chi connectivity index (χ4v) is 5.99. The molecule has 10 nitrogen and oxygen atoms in total. The van der Waals surface area contributed by atoms with Crippen molar-refractivity contribution in [1.82, 2.24) is 29.7 Å². The predicted molar refractivity (Wildman–Crippen MR) is 153 cm³/mol. The second-order valence-electron chi connectivity index (χ2n) is 10.7. The van der Waals surface area contributed by atoms with E-state index in [1.807, 2.05) is 0 Å². The van der Waals surface area contributed by atoms with Crippen LogP contribution in [0.1, 0.15) is 48.2 Å². The molecule has 224 valence electrons. The Balaban J connectivity index is 1.18. The van der Waals surface area contributed by atoms with E-state index in [1.54, 1.807) is 22.8 Å². The van der Waals surface area contributed by atoms with Gasteiger partial charge in [0.05, 0.1) is 33.5 Å². The lowest BCUT2D eigenvalue weighted by Gasteiger charge is -2.29. The monoisotopic (exact) mass is 613 g/mol. The number of amides is 3. The first kappa shape index (κ1) is 28.7. The number of benzene rings is 1. The zero-order valence-electron chi connectivity index (χ0n) is 22.8. The Labute approximate surface area is 248 Å². The molecule has 3 aromatic heterocycles. The molecule has 2 N–H and O–H groups in total. The Bertz CT molecular complexity index is 1750. The number of imidazole rings is 1. The van der Waals surface area contributed by atoms with Gasteiger partial charge in [-0.15, -0.1) is 0 Å². The molecule has 0 spiro atoms. The zero-order chi connectivity index (χ0) is 30.2. The van der Waals surface area contributed by atoms with Crippen molar-refractivity contribution < 1.29 is 22.8 Å². The van der Waals surface area contributed by atoms with Crippen LogP contribution >= 0.6 is 11.6 Å². The largest absolute Gasteiger partial charge is 0.349 e. The van der Waals surface area contributed by atoms with E-state index in [4.69, 9.17) is 11.6 Å². The van der Waals surface area contributed by atoms with Gasteiger partial charge in [-0.05, 0) is 68.0 Å². The lowest BCUT2D eigenvalue weighted by molar-refractivity contribution is 0.0904. The van der Waals surface area contributed by atoms with Crippen molar-refractivity contribution in [3.05, 3.63) is 81.4 Å². The molecule has 14 heteroatoms. The summed E-state index contributed by atoms with van der Waals surface area (Å²) in [6, 6.07) is 8.24. The van der Waals surface area contributed by atoms with Crippen LogP contribution in [0.4, 0.5) is 23.8 Å². The normalized spacial score (nSPS) is 18.8. The number of hydrogen-bond donors (Lipinski definition) is 2. The van der Waals surface area contributed by atoms with Gasteiger partial charge in [0.25, 0.3) is 12.3 Å². The molecule has 0 atom stereocenters. The maximum absolute atomic E-state index is 14.3. The third kappa shape index (κ3) is 5.68. The quantitative estimate of drug-likeness (QED) is 0.310. The van der Waals surface area contributed by atoms with Crippen molar-refractivity contribution in [2.24, 2.45) is 5.92 Å². The Morgan fingerprint density at radius 2 is 1.84 bits per heavy atom. The van der Waals surface area contributed by atoms with Crippen molar-refractivity contribution in [1.29, 1.82) is 0 Å². The second-order valence-corrected chi connectivity index (χ2v) is 11.1. The number of alkyl halides is 2. The molecule has 4 aromatic rings. The molecule has 0 bridgehead atoms. The molecule has 0 radical (unpaired) electrons. The molecule has 6 rings (SSSR count). The molecular formula is C29H27ClF3N7O3. The number of rotatable bonds is 7. The Morgan fingerprint density at radius 3 is 2.51 bits per heavy atom. The van der Waals surface area contributed by atoms with E-state index in [0.717, 1.165) is 6.20 Å². The van der Waals surface area contributed by atoms with E-state index >= 15 is 0 Å². The van der Waals surface area contributed by atoms with Crippen molar-refractivity contribution in [3.63, 3.8) is 0 Å². The van der Waals surface area contributed by atoms with Gasteiger partial charge < -0.3 is 10.6 Å². The molecule has 1 aromatic carbocycles. The zero-order valence-corrected chi connectivity index (χ0v) is 23.5. The van der Waals surface area contributed by atoms with E-state index in [2.05, 4.69) is 20.6 Å². The van der Waals surface area contributed by atoms with Gasteiger partial charge in [0.2, 0.25) is 0 Å². The molecule has 2 fully saturated rings. The minimum atomic E-state index is -2.92. The number of halogens is 4. The molecular weight excluding hydrogens is 587 g/mol. The van der Waals surface area contributed by atoms with Gasteiger partial charge in [0, 0.05) is 31.9 Å². The lowest BCUT2D eigenvalue weighted by Crippen LogP contribution is -2.39. The fraction of sp³-hybridized carbons (Fsp3) is 0.345. The minimum Gasteiger partial charge on any atom is -0.349 e. The van der Waals surface area contributed by atoms with Gasteiger partial charge in [-0.1, -0.05) is 11.6 Å². The maximum Gasteiger partial charge on any atom is 0.333 e. The van der Waals surface area contributed by atoms with Gasteiger partial charge in [0.1, 0.15) is 17.3 Å². The highest BCUT2D eigenvalue weighted by atomic mass is 35.5. The summed E-state index contributed by atoms with van der Waals surface area (Å²) in [6.45, 7) is 1.35. The van der Waals surface area contributed by atoms with Gasteiger partial charge in [0.15, 0.2) is 0 Å². The molecule has 1 aliphatic carbocycles. The van der Waals surface area contributed by atoms with Gasteiger partial charge in [-0.3, -0.25) is 23.8 Å². The second kappa shape index (κ2) is 11.7. The first-order valence-electron chi connectivity index (χ1n) is 13.9. The first-order valence-corrected chi connectivity index (χ1v) is 14.2. The van der Waals surface area contributed by atoms with E-state index in [1.165, 1.54) is 33.9 Å². The van der Waals surface area contributed by atoms with Crippen molar-refractivity contribution in [3.8, 4) is 5.69 Å². The van der Waals surface area contributed by atoms with E-state index in [9.17, 15) is 27.6 Å². The Kier molecular flexibility index (Phi) is 7.82. The third-order valence-corrected chi connectivity index (χ3v) is 8.18. The lowest BCUT2D eigenvalue weighted by atomic mass is 9.85. The summed E-state index contributed by atoms with van der Waals surface area (Å²) in [5, 5.41) is 5.62. The molecule has 4 heterocycles.